The van der Waals surface area contributed by atoms with E-state index in [0.717, 1.165) is 42.7 Å². The van der Waals surface area contributed by atoms with E-state index >= 15 is 0 Å². The Balaban J connectivity index is 1.62. The van der Waals surface area contributed by atoms with E-state index in [9.17, 15) is 4.79 Å². The second kappa shape index (κ2) is 9.41. The van der Waals surface area contributed by atoms with Crippen LogP contribution in [0, 0.1) is 0 Å². The summed E-state index contributed by atoms with van der Waals surface area (Å²) in [4.78, 5) is 25.4. The van der Waals surface area contributed by atoms with Crippen LogP contribution in [-0.2, 0) is 4.79 Å². The molecule has 3 rings (SSSR count). The molecule has 1 fully saturated rings. The van der Waals surface area contributed by atoms with Crippen molar-refractivity contribution in [2.45, 2.75) is 31.5 Å². The lowest BCUT2D eigenvalue weighted by Gasteiger charge is -2.37. The van der Waals surface area contributed by atoms with Gasteiger partial charge < -0.3 is 15.1 Å². The van der Waals surface area contributed by atoms with E-state index in [4.69, 9.17) is 23.2 Å². The molecule has 2 heterocycles. The number of carbonyl (C=O) groups excluding carboxylic acids is 1. The third-order valence-corrected chi connectivity index (χ3v) is 5.66. The van der Waals surface area contributed by atoms with Crippen molar-refractivity contribution >= 4 is 52.4 Å². The topological polar surface area (TPSA) is 61.4 Å². The Labute approximate surface area is 186 Å². The van der Waals surface area contributed by atoms with Crippen LogP contribution in [0.15, 0.2) is 35.5 Å². The Morgan fingerprint density at radius 1 is 1.10 bits per heavy atom. The van der Waals surface area contributed by atoms with Gasteiger partial charge in [0.05, 0.1) is 16.5 Å². The summed E-state index contributed by atoms with van der Waals surface area (Å²) < 4.78 is 0. The van der Waals surface area contributed by atoms with Crippen molar-refractivity contribution in [2.24, 2.45) is 0 Å². The molecule has 1 aromatic heterocycles. The number of aromatic nitrogens is 2. The van der Waals surface area contributed by atoms with E-state index in [2.05, 4.69) is 25.1 Å². The van der Waals surface area contributed by atoms with Gasteiger partial charge in [0.15, 0.2) is 5.16 Å². The Bertz CT molecular complexity index is 866. The molecule has 1 aliphatic rings. The van der Waals surface area contributed by atoms with Crippen molar-refractivity contribution in [1.29, 1.82) is 0 Å². The fraction of sp³-hybridized carbons (Fsp3) is 0.450. The van der Waals surface area contributed by atoms with Gasteiger partial charge in [0, 0.05) is 37.8 Å². The van der Waals surface area contributed by atoms with Crippen molar-refractivity contribution in [3.63, 3.8) is 0 Å². The number of benzene rings is 1. The molecule has 1 aromatic carbocycles. The summed E-state index contributed by atoms with van der Waals surface area (Å²) in [6, 6.07) is 9.65. The molecule has 29 heavy (non-hydrogen) atoms. The van der Waals surface area contributed by atoms with Crippen molar-refractivity contribution in [3.05, 3.63) is 40.5 Å². The summed E-state index contributed by atoms with van der Waals surface area (Å²) in [6.07, 6.45) is 0. The summed E-state index contributed by atoms with van der Waals surface area (Å²) in [7, 11) is 0. The lowest BCUT2D eigenvalue weighted by Crippen LogP contribution is -2.47. The van der Waals surface area contributed by atoms with Gasteiger partial charge in [-0.3, -0.25) is 4.79 Å². The lowest BCUT2D eigenvalue weighted by molar-refractivity contribution is -0.119. The summed E-state index contributed by atoms with van der Waals surface area (Å²) in [5.41, 5.74) is 0.787. The fourth-order valence-electron chi connectivity index (χ4n) is 3.08. The standard InChI is InChI=1S/C20H25Cl2N5OS/c1-20(2,3)25-18(28)13-29-19-23-16(22)12-17(24-19)27-10-8-26(9-11-27)15-7-5-4-6-14(15)21/h4-7,12H,8-11,13H2,1-3H3,(H,25,28). The van der Waals surface area contributed by atoms with E-state index in [0.29, 0.717) is 10.3 Å². The number of thioether (sulfide) groups is 1. The molecular weight excluding hydrogens is 429 g/mol. The van der Waals surface area contributed by atoms with Crippen LogP contribution in [0.4, 0.5) is 11.5 Å². The third-order valence-electron chi connectivity index (χ3n) is 4.30. The van der Waals surface area contributed by atoms with Crippen molar-refractivity contribution in [2.75, 3.05) is 41.7 Å². The molecule has 0 saturated carbocycles. The largest absolute Gasteiger partial charge is 0.367 e. The van der Waals surface area contributed by atoms with Gasteiger partial charge in [0.25, 0.3) is 0 Å². The summed E-state index contributed by atoms with van der Waals surface area (Å²) in [5, 5.41) is 4.58. The van der Waals surface area contributed by atoms with Gasteiger partial charge in [0.2, 0.25) is 5.91 Å². The lowest BCUT2D eigenvalue weighted by atomic mass is 10.1. The minimum atomic E-state index is -0.265. The monoisotopic (exact) mass is 453 g/mol. The molecule has 2 aromatic rings. The first-order valence-electron chi connectivity index (χ1n) is 9.44. The summed E-state index contributed by atoms with van der Waals surface area (Å²) >= 11 is 13.8. The van der Waals surface area contributed by atoms with Crippen LogP contribution >= 0.6 is 35.0 Å². The first-order valence-corrected chi connectivity index (χ1v) is 11.2. The maximum absolute atomic E-state index is 12.1. The van der Waals surface area contributed by atoms with Gasteiger partial charge in [0.1, 0.15) is 11.0 Å². The van der Waals surface area contributed by atoms with Gasteiger partial charge in [-0.2, -0.15) is 0 Å². The maximum Gasteiger partial charge on any atom is 0.230 e. The van der Waals surface area contributed by atoms with E-state index in [1.165, 1.54) is 11.8 Å². The maximum atomic E-state index is 12.1. The minimum absolute atomic E-state index is 0.0546. The molecular formula is C20H25Cl2N5OS. The first kappa shape index (κ1) is 22.0. The van der Waals surface area contributed by atoms with Crippen LogP contribution in [0.1, 0.15) is 20.8 Å². The average Bonchev–Trinajstić information content (AvgIpc) is 2.65. The van der Waals surface area contributed by atoms with Crippen molar-refractivity contribution in [3.8, 4) is 0 Å². The Kier molecular flexibility index (Phi) is 7.14. The smallest absolute Gasteiger partial charge is 0.230 e. The van der Waals surface area contributed by atoms with E-state index in [1.54, 1.807) is 6.07 Å². The van der Waals surface area contributed by atoms with E-state index in [-0.39, 0.29) is 17.2 Å². The van der Waals surface area contributed by atoms with Gasteiger partial charge in [-0.05, 0) is 32.9 Å². The molecule has 9 heteroatoms. The first-order chi connectivity index (χ1) is 13.7. The van der Waals surface area contributed by atoms with Crippen LogP contribution in [0.5, 0.6) is 0 Å². The zero-order valence-electron chi connectivity index (χ0n) is 16.8. The number of halogens is 2. The second-order valence-electron chi connectivity index (χ2n) is 7.84. The number of anilines is 2. The molecule has 0 bridgehead atoms. The molecule has 1 saturated heterocycles. The van der Waals surface area contributed by atoms with Crippen molar-refractivity contribution < 1.29 is 4.79 Å². The summed E-state index contributed by atoms with van der Waals surface area (Å²) in [6.45, 7) is 9.12. The van der Waals surface area contributed by atoms with Crippen LogP contribution in [0.25, 0.3) is 0 Å². The highest BCUT2D eigenvalue weighted by atomic mass is 35.5. The highest BCUT2D eigenvalue weighted by Gasteiger charge is 2.21. The number of hydrogen-bond acceptors (Lipinski definition) is 6. The van der Waals surface area contributed by atoms with Crippen LogP contribution in [0.3, 0.4) is 0 Å². The molecule has 0 atom stereocenters. The molecule has 6 nitrogen and oxygen atoms in total. The number of amides is 1. The molecule has 0 radical (unpaired) electrons. The van der Waals surface area contributed by atoms with Crippen LogP contribution < -0.4 is 15.1 Å². The van der Waals surface area contributed by atoms with Crippen LogP contribution in [-0.4, -0.2) is 53.3 Å². The summed E-state index contributed by atoms with van der Waals surface area (Å²) in [5.74, 6) is 0.973. The average molecular weight is 454 g/mol. The highest BCUT2D eigenvalue weighted by molar-refractivity contribution is 7.99. The number of nitrogens with zero attached hydrogens (tertiary/aromatic N) is 4. The fourth-order valence-corrected chi connectivity index (χ4v) is 4.22. The zero-order valence-corrected chi connectivity index (χ0v) is 19.1. The van der Waals surface area contributed by atoms with E-state index in [1.807, 2.05) is 45.0 Å². The Morgan fingerprint density at radius 3 is 2.41 bits per heavy atom. The normalized spacial score (nSPS) is 14.8. The number of nitrogens with one attached hydrogen (secondary N) is 1. The molecule has 1 amide bonds. The molecule has 1 N–H and O–H groups in total. The molecule has 0 spiro atoms. The quantitative estimate of drug-likeness (QED) is 0.417. The minimum Gasteiger partial charge on any atom is -0.367 e. The number of hydrogen-bond donors (Lipinski definition) is 1. The van der Waals surface area contributed by atoms with Crippen molar-refractivity contribution in [1.82, 2.24) is 15.3 Å². The molecule has 0 unspecified atom stereocenters. The van der Waals surface area contributed by atoms with Crippen LogP contribution in [0.2, 0.25) is 10.2 Å². The number of piperazine rings is 1. The SMILES string of the molecule is CC(C)(C)NC(=O)CSc1nc(Cl)cc(N2CCN(c3ccccc3Cl)CC2)n1. The van der Waals surface area contributed by atoms with Gasteiger partial charge in [-0.25, -0.2) is 9.97 Å². The highest BCUT2D eigenvalue weighted by Crippen LogP contribution is 2.28. The Hall–Kier alpha value is -1.70. The van der Waals surface area contributed by atoms with E-state index < -0.39 is 0 Å². The molecule has 1 aliphatic heterocycles. The molecule has 156 valence electrons. The molecule has 0 aliphatic carbocycles. The van der Waals surface area contributed by atoms with Gasteiger partial charge in [-0.15, -0.1) is 0 Å². The number of para-hydroxylation sites is 1. The van der Waals surface area contributed by atoms with Gasteiger partial charge >= 0.3 is 0 Å². The Morgan fingerprint density at radius 2 is 1.76 bits per heavy atom. The second-order valence-corrected chi connectivity index (χ2v) is 9.58. The van der Waals surface area contributed by atoms with Gasteiger partial charge in [-0.1, -0.05) is 47.1 Å². The predicted octanol–water partition coefficient (Wildman–Crippen LogP) is 4.12. The zero-order chi connectivity index (χ0) is 21.0. The predicted molar refractivity (Wildman–Crippen MR) is 122 cm³/mol. The number of carbonyl (C=O) groups is 1. The number of rotatable bonds is 5. The third kappa shape index (κ3) is 6.39.